The molecule has 1 heterocycles. The average Bonchev–Trinajstić information content (AvgIpc) is 2.66. The molecule has 1 aliphatic rings. The number of aryl methyl sites for hydroxylation is 2. The Hall–Kier alpha value is -2.83. The van der Waals surface area contributed by atoms with Crippen molar-refractivity contribution in [3.63, 3.8) is 0 Å². The van der Waals surface area contributed by atoms with Crippen LogP contribution in [0, 0.1) is 6.92 Å². The van der Waals surface area contributed by atoms with Crippen LogP contribution in [0.25, 0.3) is 0 Å². The molecule has 0 saturated heterocycles. The molecule has 0 aromatic heterocycles. The van der Waals surface area contributed by atoms with Crippen molar-refractivity contribution in [2.75, 3.05) is 25.1 Å². The van der Waals surface area contributed by atoms with Crippen molar-refractivity contribution < 1.29 is 23.0 Å². The molecule has 0 spiro atoms. The Balaban J connectivity index is 1.59. The smallest absolute Gasteiger partial charge is 0.387 e. The SMILES string of the molecule is COc1cc(CNC(=O)CN2CCCc3cc(C)ccc32)ccc1OC(F)F. The number of carbonyl (C=O) groups is 1. The summed E-state index contributed by atoms with van der Waals surface area (Å²) in [5, 5.41) is 2.87. The quantitative estimate of drug-likeness (QED) is 0.784. The lowest BCUT2D eigenvalue weighted by Crippen LogP contribution is -2.39. The molecule has 150 valence electrons. The summed E-state index contributed by atoms with van der Waals surface area (Å²) in [5.41, 5.74) is 4.35. The lowest BCUT2D eigenvalue weighted by atomic mass is 9.99. The average molecular weight is 390 g/mol. The van der Waals surface area contributed by atoms with Crippen LogP contribution in [0.15, 0.2) is 36.4 Å². The molecule has 28 heavy (non-hydrogen) atoms. The first-order valence-electron chi connectivity index (χ1n) is 9.19. The predicted octanol–water partition coefficient (Wildman–Crippen LogP) is 3.67. The maximum atomic E-state index is 12.4. The Morgan fingerprint density at radius 1 is 1.21 bits per heavy atom. The highest BCUT2D eigenvalue weighted by Gasteiger charge is 2.19. The molecule has 1 amide bonds. The molecule has 1 N–H and O–H groups in total. The van der Waals surface area contributed by atoms with E-state index in [2.05, 4.69) is 40.1 Å². The molecule has 2 aromatic carbocycles. The monoisotopic (exact) mass is 390 g/mol. The summed E-state index contributed by atoms with van der Waals surface area (Å²) in [6.07, 6.45) is 2.05. The summed E-state index contributed by atoms with van der Waals surface area (Å²) in [6.45, 7) is 0.545. The molecule has 7 heteroatoms. The van der Waals surface area contributed by atoms with Gasteiger partial charge in [0.05, 0.1) is 13.7 Å². The number of halogens is 2. The zero-order valence-electron chi connectivity index (χ0n) is 16.0. The van der Waals surface area contributed by atoms with E-state index in [1.165, 1.54) is 24.3 Å². The molecule has 0 unspecified atom stereocenters. The molecular weight excluding hydrogens is 366 g/mol. The van der Waals surface area contributed by atoms with Gasteiger partial charge in [-0.25, -0.2) is 0 Å². The number of carbonyl (C=O) groups excluding carboxylic acids is 1. The maximum Gasteiger partial charge on any atom is 0.387 e. The Bertz CT molecular complexity index is 842. The zero-order valence-corrected chi connectivity index (χ0v) is 16.0. The van der Waals surface area contributed by atoms with Gasteiger partial charge in [0.25, 0.3) is 0 Å². The van der Waals surface area contributed by atoms with Crippen molar-refractivity contribution in [1.29, 1.82) is 0 Å². The molecule has 0 saturated carbocycles. The normalized spacial score (nSPS) is 13.2. The fraction of sp³-hybridized carbons (Fsp3) is 0.381. The van der Waals surface area contributed by atoms with E-state index in [0.717, 1.165) is 30.6 Å². The minimum absolute atomic E-state index is 0.0345. The van der Waals surface area contributed by atoms with E-state index in [-0.39, 0.29) is 30.5 Å². The lowest BCUT2D eigenvalue weighted by molar-refractivity contribution is -0.119. The van der Waals surface area contributed by atoms with E-state index in [0.29, 0.717) is 0 Å². The van der Waals surface area contributed by atoms with E-state index < -0.39 is 6.61 Å². The van der Waals surface area contributed by atoms with E-state index in [9.17, 15) is 13.6 Å². The Kier molecular flexibility index (Phi) is 6.34. The van der Waals surface area contributed by atoms with Crippen LogP contribution in [-0.4, -0.2) is 32.7 Å². The van der Waals surface area contributed by atoms with Gasteiger partial charge in [-0.3, -0.25) is 4.79 Å². The van der Waals surface area contributed by atoms with Crippen LogP contribution < -0.4 is 19.7 Å². The first-order chi connectivity index (χ1) is 13.5. The highest BCUT2D eigenvalue weighted by molar-refractivity contribution is 5.82. The van der Waals surface area contributed by atoms with Crippen LogP contribution in [0.1, 0.15) is 23.1 Å². The fourth-order valence-electron chi connectivity index (χ4n) is 3.41. The third-order valence-electron chi connectivity index (χ3n) is 4.72. The molecule has 5 nitrogen and oxygen atoms in total. The number of hydrogen-bond donors (Lipinski definition) is 1. The first-order valence-corrected chi connectivity index (χ1v) is 9.19. The molecule has 2 aromatic rings. The van der Waals surface area contributed by atoms with Gasteiger partial charge in [-0.15, -0.1) is 0 Å². The number of anilines is 1. The van der Waals surface area contributed by atoms with Crippen LogP contribution in [0.4, 0.5) is 14.5 Å². The summed E-state index contributed by atoms with van der Waals surface area (Å²) >= 11 is 0. The first kappa shape index (κ1) is 19.9. The minimum Gasteiger partial charge on any atom is -0.493 e. The zero-order chi connectivity index (χ0) is 20.1. The topological polar surface area (TPSA) is 50.8 Å². The third-order valence-corrected chi connectivity index (χ3v) is 4.72. The van der Waals surface area contributed by atoms with Gasteiger partial charge in [0.15, 0.2) is 11.5 Å². The second kappa shape index (κ2) is 8.91. The summed E-state index contributed by atoms with van der Waals surface area (Å²) < 4.78 is 34.3. The number of hydrogen-bond acceptors (Lipinski definition) is 4. The number of amides is 1. The van der Waals surface area contributed by atoms with Crippen molar-refractivity contribution in [2.45, 2.75) is 32.9 Å². The van der Waals surface area contributed by atoms with Gasteiger partial charge >= 0.3 is 6.61 Å². The summed E-state index contributed by atoms with van der Waals surface area (Å²) in [6, 6.07) is 10.9. The molecule has 0 radical (unpaired) electrons. The number of methoxy groups -OCH3 is 1. The molecule has 1 aliphatic heterocycles. The third kappa shape index (κ3) is 4.91. The molecule has 3 rings (SSSR count). The van der Waals surface area contributed by atoms with E-state index in [4.69, 9.17) is 4.74 Å². The van der Waals surface area contributed by atoms with Gasteiger partial charge in [-0.1, -0.05) is 23.8 Å². The molecule has 0 aliphatic carbocycles. The van der Waals surface area contributed by atoms with Crippen molar-refractivity contribution in [3.8, 4) is 11.5 Å². The fourth-order valence-corrected chi connectivity index (χ4v) is 3.41. The number of nitrogens with zero attached hydrogens (tertiary/aromatic N) is 1. The summed E-state index contributed by atoms with van der Waals surface area (Å²) in [7, 11) is 1.38. The molecule has 0 atom stereocenters. The Labute approximate surface area is 163 Å². The van der Waals surface area contributed by atoms with Crippen LogP contribution >= 0.6 is 0 Å². The van der Waals surface area contributed by atoms with E-state index in [1.807, 2.05) is 0 Å². The number of fused-ring (bicyclic) bond motifs is 1. The van der Waals surface area contributed by atoms with Crippen LogP contribution in [0.2, 0.25) is 0 Å². The van der Waals surface area contributed by atoms with Crippen LogP contribution in [0.5, 0.6) is 11.5 Å². The standard InChI is InChI=1S/C21H24F2N2O3/c1-14-5-7-17-16(10-14)4-3-9-25(17)13-20(26)24-12-15-6-8-18(28-21(22)23)19(11-15)27-2/h5-8,10-11,21H,3-4,9,12-13H2,1-2H3,(H,24,26). The van der Waals surface area contributed by atoms with Gasteiger partial charge in [0, 0.05) is 18.8 Å². The second-order valence-electron chi connectivity index (χ2n) is 6.80. The van der Waals surface area contributed by atoms with E-state index in [1.54, 1.807) is 12.1 Å². The Morgan fingerprint density at radius 3 is 2.79 bits per heavy atom. The molecule has 0 bridgehead atoms. The van der Waals surface area contributed by atoms with E-state index >= 15 is 0 Å². The number of benzene rings is 2. The number of nitrogens with one attached hydrogen (secondary N) is 1. The second-order valence-corrected chi connectivity index (χ2v) is 6.80. The Morgan fingerprint density at radius 2 is 2.04 bits per heavy atom. The van der Waals surface area contributed by atoms with Gasteiger partial charge < -0.3 is 19.7 Å². The van der Waals surface area contributed by atoms with Crippen molar-refractivity contribution in [2.24, 2.45) is 0 Å². The van der Waals surface area contributed by atoms with Gasteiger partial charge in [0.1, 0.15) is 0 Å². The molecular formula is C21H24F2N2O3. The maximum absolute atomic E-state index is 12.4. The largest absolute Gasteiger partial charge is 0.493 e. The lowest BCUT2D eigenvalue weighted by Gasteiger charge is -2.31. The number of ether oxygens (including phenoxy) is 2. The van der Waals surface area contributed by atoms with Crippen LogP contribution in [-0.2, 0) is 17.8 Å². The van der Waals surface area contributed by atoms with Crippen molar-refractivity contribution >= 4 is 11.6 Å². The van der Waals surface area contributed by atoms with Gasteiger partial charge in [-0.2, -0.15) is 8.78 Å². The number of rotatable bonds is 7. The minimum atomic E-state index is -2.92. The van der Waals surface area contributed by atoms with Gasteiger partial charge in [0.2, 0.25) is 5.91 Å². The summed E-state index contributed by atoms with van der Waals surface area (Å²) in [5.74, 6) is 0.0699. The van der Waals surface area contributed by atoms with Crippen molar-refractivity contribution in [1.82, 2.24) is 5.32 Å². The van der Waals surface area contributed by atoms with Crippen LogP contribution in [0.3, 0.4) is 0 Å². The van der Waals surface area contributed by atoms with Crippen molar-refractivity contribution in [3.05, 3.63) is 53.1 Å². The van der Waals surface area contributed by atoms with Gasteiger partial charge in [-0.05, 0) is 49.1 Å². The molecule has 0 fully saturated rings. The number of alkyl halides is 2. The summed E-state index contributed by atoms with van der Waals surface area (Å²) in [4.78, 5) is 14.5. The highest BCUT2D eigenvalue weighted by atomic mass is 19.3. The predicted molar refractivity (Wildman–Crippen MR) is 103 cm³/mol. The highest BCUT2D eigenvalue weighted by Crippen LogP contribution is 2.30.